The smallest absolute Gasteiger partial charge is 0.223 e. The Balaban J connectivity index is 1.32. The number of nitrogens with zero attached hydrogens (tertiary/aromatic N) is 3. The van der Waals surface area contributed by atoms with Crippen molar-refractivity contribution < 1.29 is 13.2 Å². The molecule has 1 aliphatic heterocycles. The largest absolute Gasteiger partial charge is 0.345 e. The predicted octanol–water partition coefficient (Wildman–Crippen LogP) is 3.57. The fraction of sp³-hybridized carbons (Fsp3) is 0.391. The summed E-state index contributed by atoms with van der Waals surface area (Å²) in [6, 6.07) is 13.3. The van der Waals surface area contributed by atoms with E-state index in [1.165, 1.54) is 15.8 Å². The molecule has 0 unspecified atom stereocenters. The maximum atomic E-state index is 12.6. The summed E-state index contributed by atoms with van der Waals surface area (Å²) in [6.45, 7) is 6.78. The van der Waals surface area contributed by atoms with Crippen molar-refractivity contribution in [1.82, 2.24) is 9.88 Å². The zero-order valence-corrected chi connectivity index (χ0v) is 19.5. The number of aryl methyl sites for hydroxylation is 2. The first-order valence-corrected chi connectivity index (χ1v) is 13.1. The molecule has 2 aromatic carbocycles. The molecule has 164 valence electrons. The van der Waals surface area contributed by atoms with Gasteiger partial charge in [-0.2, -0.15) is 0 Å². The number of sulfone groups is 1. The van der Waals surface area contributed by atoms with Gasteiger partial charge < -0.3 is 9.80 Å². The third kappa shape index (κ3) is 5.07. The van der Waals surface area contributed by atoms with Crippen molar-refractivity contribution in [2.75, 3.05) is 36.8 Å². The number of anilines is 1. The van der Waals surface area contributed by atoms with Gasteiger partial charge in [-0.15, -0.1) is 0 Å². The number of hydrogen-bond donors (Lipinski definition) is 0. The molecule has 0 bridgehead atoms. The quantitative estimate of drug-likeness (QED) is 0.566. The lowest BCUT2D eigenvalue weighted by atomic mass is 10.1. The van der Waals surface area contributed by atoms with E-state index in [1.54, 1.807) is 28.4 Å². The van der Waals surface area contributed by atoms with Crippen LogP contribution in [0.1, 0.15) is 23.1 Å². The Morgan fingerprint density at radius 2 is 1.68 bits per heavy atom. The van der Waals surface area contributed by atoms with Crippen LogP contribution in [-0.4, -0.2) is 56.1 Å². The number of hydrogen-bond acceptors (Lipinski definition) is 6. The second-order valence-electron chi connectivity index (χ2n) is 8.07. The van der Waals surface area contributed by atoms with E-state index in [9.17, 15) is 13.2 Å². The lowest BCUT2D eigenvalue weighted by Gasteiger charge is -2.34. The Hall–Kier alpha value is -2.45. The van der Waals surface area contributed by atoms with E-state index < -0.39 is 9.84 Å². The van der Waals surface area contributed by atoms with Gasteiger partial charge in [0.25, 0.3) is 0 Å². The SMILES string of the molecule is Cc1ccc(C)c2sc(N3CCN(C(=O)CCS(=O)(=O)Cc4ccccc4)CC3)nc12. The number of benzene rings is 2. The van der Waals surface area contributed by atoms with Gasteiger partial charge in [0.05, 0.1) is 21.7 Å². The lowest BCUT2D eigenvalue weighted by molar-refractivity contribution is -0.131. The number of rotatable bonds is 6. The number of aromatic nitrogens is 1. The Labute approximate surface area is 187 Å². The zero-order chi connectivity index (χ0) is 22.0. The highest BCUT2D eigenvalue weighted by molar-refractivity contribution is 7.90. The molecule has 2 heterocycles. The first kappa shape index (κ1) is 21.8. The zero-order valence-electron chi connectivity index (χ0n) is 17.9. The molecule has 0 aliphatic carbocycles. The minimum Gasteiger partial charge on any atom is -0.345 e. The van der Waals surface area contributed by atoms with Crippen molar-refractivity contribution in [2.24, 2.45) is 0 Å². The Morgan fingerprint density at radius 3 is 2.35 bits per heavy atom. The number of fused-ring (bicyclic) bond motifs is 1. The van der Waals surface area contributed by atoms with E-state index in [1.807, 2.05) is 18.2 Å². The van der Waals surface area contributed by atoms with Crippen LogP contribution < -0.4 is 4.90 Å². The van der Waals surface area contributed by atoms with Crippen molar-refractivity contribution >= 4 is 42.4 Å². The highest BCUT2D eigenvalue weighted by Crippen LogP contribution is 2.33. The summed E-state index contributed by atoms with van der Waals surface area (Å²) in [6.07, 6.45) is 0.0364. The Kier molecular flexibility index (Phi) is 6.29. The summed E-state index contributed by atoms with van der Waals surface area (Å²) in [5.41, 5.74) is 4.22. The van der Waals surface area contributed by atoms with Gasteiger partial charge in [-0.1, -0.05) is 53.8 Å². The summed E-state index contributed by atoms with van der Waals surface area (Å²) in [4.78, 5) is 21.4. The highest BCUT2D eigenvalue weighted by Gasteiger charge is 2.25. The van der Waals surface area contributed by atoms with Crippen LogP contribution >= 0.6 is 11.3 Å². The van der Waals surface area contributed by atoms with Gasteiger partial charge >= 0.3 is 0 Å². The molecule has 1 aromatic heterocycles. The average Bonchev–Trinajstić information content (AvgIpc) is 3.22. The second kappa shape index (κ2) is 8.96. The van der Waals surface area contributed by atoms with E-state index in [2.05, 4.69) is 30.9 Å². The van der Waals surface area contributed by atoms with Crippen LogP contribution in [0.15, 0.2) is 42.5 Å². The van der Waals surface area contributed by atoms with Crippen LogP contribution in [0.3, 0.4) is 0 Å². The van der Waals surface area contributed by atoms with E-state index >= 15 is 0 Å². The second-order valence-corrected chi connectivity index (χ2v) is 11.2. The number of carbonyl (C=O) groups is 1. The topological polar surface area (TPSA) is 70.6 Å². The fourth-order valence-corrected chi connectivity index (χ4v) is 6.33. The van der Waals surface area contributed by atoms with Crippen LogP contribution in [0.2, 0.25) is 0 Å². The van der Waals surface area contributed by atoms with Crippen molar-refractivity contribution in [3.8, 4) is 0 Å². The molecule has 6 nitrogen and oxygen atoms in total. The molecule has 0 saturated carbocycles. The molecule has 4 rings (SSSR count). The van der Waals surface area contributed by atoms with Crippen LogP contribution in [0.4, 0.5) is 5.13 Å². The van der Waals surface area contributed by atoms with Crippen LogP contribution in [-0.2, 0) is 20.4 Å². The summed E-state index contributed by atoms with van der Waals surface area (Å²) in [5, 5.41) is 0.991. The summed E-state index contributed by atoms with van der Waals surface area (Å²) < 4.78 is 26.0. The van der Waals surface area contributed by atoms with Gasteiger partial charge in [-0.05, 0) is 30.5 Å². The number of carbonyl (C=O) groups excluding carboxylic acids is 1. The maximum Gasteiger partial charge on any atom is 0.223 e. The standard InChI is InChI=1S/C23H27N3O3S2/c1-17-8-9-18(2)22-21(17)24-23(30-22)26-13-11-25(12-14-26)20(27)10-15-31(28,29)16-19-6-4-3-5-7-19/h3-9H,10-16H2,1-2H3. The molecule has 0 radical (unpaired) electrons. The molecule has 31 heavy (non-hydrogen) atoms. The van der Waals surface area contributed by atoms with E-state index in [0.29, 0.717) is 26.2 Å². The summed E-state index contributed by atoms with van der Waals surface area (Å²) in [7, 11) is -3.31. The van der Waals surface area contributed by atoms with E-state index in [-0.39, 0.29) is 23.8 Å². The fourth-order valence-electron chi connectivity index (χ4n) is 3.83. The molecular weight excluding hydrogens is 430 g/mol. The van der Waals surface area contributed by atoms with Crippen molar-refractivity contribution in [3.05, 3.63) is 59.2 Å². The molecule has 0 N–H and O–H groups in total. The normalized spacial score (nSPS) is 14.9. The summed E-state index contributed by atoms with van der Waals surface area (Å²) in [5.74, 6) is -0.227. The van der Waals surface area contributed by atoms with Gasteiger partial charge in [-0.3, -0.25) is 4.79 Å². The Bertz CT molecular complexity index is 1140. The maximum absolute atomic E-state index is 12.6. The monoisotopic (exact) mass is 457 g/mol. The van der Waals surface area contributed by atoms with Gasteiger partial charge in [0.2, 0.25) is 5.91 Å². The minimum atomic E-state index is -3.31. The first-order chi connectivity index (χ1) is 14.8. The highest BCUT2D eigenvalue weighted by atomic mass is 32.2. The van der Waals surface area contributed by atoms with E-state index in [0.717, 1.165) is 16.2 Å². The van der Waals surface area contributed by atoms with Crippen LogP contribution in [0.25, 0.3) is 10.2 Å². The summed E-state index contributed by atoms with van der Waals surface area (Å²) >= 11 is 1.70. The molecule has 1 aliphatic rings. The Morgan fingerprint density at radius 1 is 1.00 bits per heavy atom. The van der Waals surface area contributed by atoms with E-state index in [4.69, 9.17) is 4.98 Å². The molecule has 0 spiro atoms. The predicted molar refractivity (Wildman–Crippen MR) is 126 cm³/mol. The van der Waals surface area contributed by atoms with Crippen molar-refractivity contribution in [2.45, 2.75) is 26.0 Å². The van der Waals surface area contributed by atoms with Gasteiger partial charge in [0, 0.05) is 32.6 Å². The van der Waals surface area contributed by atoms with Gasteiger partial charge in [0.1, 0.15) is 0 Å². The molecule has 3 aromatic rings. The third-order valence-corrected chi connectivity index (χ3v) is 8.54. The molecular formula is C23H27N3O3S2. The minimum absolute atomic E-state index is 0.0225. The molecule has 1 amide bonds. The number of piperazine rings is 1. The van der Waals surface area contributed by atoms with Gasteiger partial charge in [0.15, 0.2) is 15.0 Å². The number of thiazole rings is 1. The molecule has 8 heteroatoms. The average molecular weight is 458 g/mol. The van der Waals surface area contributed by atoms with Gasteiger partial charge in [-0.25, -0.2) is 13.4 Å². The lowest BCUT2D eigenvalue weighted by Crippen LogP contribution is -2.49. The number of amides is 1. The van der Waals surface area contributed by atoms with Crippen LogP contribution in [0, 0.1) is 13.8 Å². The van der Waals surface area contributed by atoms with Crippen molar-refractivity contribution in [3.63, 3.8) is 0 Å². The van der Waals surface area contributed by atoms with Crippen molar-refractivity contribution in [1.29, 1.82) is 0 Å². The molecule has 1 saturated heterocycles. The molecule has 0 atom stereocenters. The first-order valence-electron chi connectivity index (χ1n) is 10.5. The molecule has 1 fully saturated rings. The third-order valence-electron chi connectivity index (χ3n) is 5.69. The van der Waals surface area contributed by atoms with Crippen LogP contribution in [0.5, 0.6) is 0 Å².